The number of aliphatic carboxylic acids is 6. The predicted octanol–water partition coefficient (Wildman–Crippen LogP) is -3.46. The summed E-state index contributed by atoms with van der Waals surface area (Å²) in [5.74, 6) is -10.0. The van der Waals surface area contributed by atoms with E-state index >= 15 is 0 Å². The molecule has 0 unspecified atom stereocenters. The minimum absolute atomic E-state index is 0.0386. The van der Waals surface area contributed by atoms with E-state index in [9.17, 15) is 28.8 Å². The summed E-state index contributed by atoms with van der Waals surface area (Å²) in [5.41, 5.74) is -5.48. The van der Waals surface area contributed by atoms with E-state index in [2.05, 4.69) is 0 Å². The van der Waals surface area contributed by atoms with Gasteiger partial charge < -0.3 is 70.0 Å². The number of ether oxygens (including phenoxy) is 4. The number of carboxylic acids is 6. The fourth-order valence-electron chi connectivity index (χ4n) is 2.32. The second kappa shape index (κ2) is 25.2. The summed E-state index contributed by atoms with van der Waals surface area (Å²) in [6, 6.07) is 0. The molecule has 0 rings (SSSR count). The molecule has 0 bridgehead atoms. The van der Waals surface area contributed by atoms with Gasteiger partial charge in [-0.1, -0.05) is 0 Å². The Labute approximate surface area is 238 Å². The zero-order chi connectivity index (χ0) is 33.2. The molecule has 0 heterocycles. The average Bonchev–Trinajstić information content (AvgIpc) is 2.83. The summed E-state index contributed by atoms with van der Waals surface area (Å²) in [7, 11) is 0. The largest absolute Gasteiger partial charge is 0.481 e. The lowest BCUT2D eigenvalue weighted by Crippen LogP contribution is -2.42. The quantitative estimate of drug-likeness (QED) is 0.0495. The predicted molar refractivity (Wildman–Crippen MR) is 132 cm³/mol. The van der Waals surface area contributed by atoms with Gasteiger partial charge >= 0.3 is 35.8 Å². The number of carbonyl (C=O) groups is 6. The molecule has 0 saturated carbocycles. The zero-order valence-corrected chi connectivity index (χ0v) is 22.5. The van der Waals surface area contributed by atoms with Crippen molar-refractivity contribution in [2.45, 2.75) is 36.9 Å². The monoisotopic (exact) mass is 622 g/mol. The second-order valence-electron chi connectivity index (χ2n) is 7.85. The fourth-order valence-corrected chi connectivity index (χ4v) is 2.32. The Morgan fingerprint density at radius 3 is 0.738 bits per heavy atom. The van der Waals surface area contributed by atoms with Crippen LogP contribution in [0.2, 0.25) is 0 Å². The van der Waals surface area contributed by atoms with Crippen molar-refractivity contribution < 1.29 is 98.8 Å². The van der Waals surface area contributed by atoms with Crippen LogP contribution in [0.3, 0.4) is 0 Å². The molecule has 0 spiro atoms. The molecule has 42 heavy (non-hydrogen) atoms. The first-order valence-corrected chi connectivity index (χ1v) is 11.8. The lowest BCUT2D eigenvalue weighted by Gasteiger charge is -2.18. The van der Waals surface area contributed by atoms with Gasteiger partial charge in [0.05, 0.1) is 91.8 Å². The first-order valence-electron chi connectivity index (χ1n) is 11.8. The zero-order valence-electron chi connectivity index (χ0n) is 22.5. The summed E-state index contributed by atoms with van der Waals surface area (Å²) < 4.78 is 20.4. The van der Waals surface area contributed by atoms with Gasteiger partial charge in [0, 0.05) is 0 Å². The third-order valence-corrected chi connectivity index (χ3v) is 4.16. The van der Waals surface area contributed by atoms with Crippen LogP contribution in [-0.2, 0) is 47.7 Å². The van der Waals surface area contributed by atoms with E-state index in [0.29, 0.717) is 52.9 Å². The van der Waals surface area contributed by atoms with Crippen molar-refractivity contribution >= 4 is 35.8 Å². The van der Waals surface area contributed by atoms with Crippen molar-refractivity contribution in [3.8, 4) is 0 Å². The third-order valence-electron chi connectivity index (χ3n) is 4.16. The van der Waals surface area contributed by atoms with Crippen LogP contribution in [0.5, 0.6) is 0 Å². The van der Waals surface area contributed by atoms with Crippen LogP contribution >= 0.6 is 0 Å². The molecule has 0 aliphatic heterocycles. The van der Waals surface area contributed by atoms with Crippen molar-refractivity contribution in [1.29, 1.82) is 0 Å². The van der Waals surface area contributed by atoms with Crippen LogP contribution in [0.25, 0.3) is 0 Å². The van der Waals surface area contributed by atoms with Gasteiger partial charge in [0.25, 0.3) is 0 Å². The molecule has 10 N–H and O–H groups in total. The third kappa shape index (κ3) is 26.7. The highest BCUT2D eigenvalue weighted by atomic mass is 16.6. The van der Waals surface area contributed by atoms with Gasteiger partial charge in [-0.2, -0.15) is 0 Å². The van der Waals surface area contributed by atoms with Crippen LogP contribution in [0.1, 0.15) is 25.7 Å². The molecule has 0 saturated heterocycles. The van der Waals surface area contributed by atoms with Gasteiger partial charge in [-0.25, -0.2) is 9.59 Å². The molecule has 0 fully saturated rings. The topological polar surface area (TPSA) is 342 Å². The number of hydrogen-bond acceptors (Lipinski definition) is 14. The molecule has 0 aromatic carbocycles. The number of rotatable bonds is 23. The maximum absolute atomic E-state index is 10.3. The lowest BCUT2D eigenvalue weighted by atomic mass is 9.96. The van der Waals surface area contributed by atoms with Gasteiger partial charge in [0.1, 0.15) is 0 Å². The van der Waals surface area contributed by atoms with Gasteiger partial charge in [-0.3, -0.25) is 19.2 Å². The first-order chi connectivity index (χ1) is 19.5. The normalized spacial score (nSPS) is 10.9. The summed E-state index contributed by atoms with van der Waals surface area (Å²) in [6.07, 6.45) is -4.58. The Morgan fingerprint density at radius 1 is 0.405 bits per heavy atom. The molecule has 0 aromatic heterocycles. The molecule has 0 aliphatic rings. The average molecular weight is 623 g/mol. The standard InChI is InChI=1S/C10H22O6.2C6H8O7/c11-1-3-13-5-7-15-9-10-16-8-6-14-4-2-12;2*7-3(8)1-6(13,5(11)12)2-4(9)10/h11-12H,1-10H2;2*13H,1-2H2,(H,7,8)(H,9,10)(H,11,12). The van der Waals surface area contributed by atoms with Crippen LogP contribution < -0.4 is 0 Å². The SMILES string of the molecule is O=C(O)CC(O)(CC(=O)O)C(=O)O.O=C(O)CC(O)(CC(=O)O)C(=O)O.OCCOCCOCCOCCOCCO. The maximum atomic E-state index is 10.3. The molecule has 246 valence electrons. The highest BCUT2D eigenvalue weighted by Gasteiger charge is 2.41. The van der Waals surface area contributed by atoms with Crippen molar-refractivity contribution in [3.63, 3.8) is 0 Å². The van der Waals surface area contributed by atoms with Gasteiger partial charge in [-0.05, 0) is 0 Å². The fraction of sp³-hybridized carbons (Fsp3) is 0.727. The van der Waals surface area contributed by atoms with E-state index in [1.165, 1.54) is 0 Å². The van der Waals surface area contributed by atoms with Crippen LogP contribution in [0.15, 0.2) is 0 Å². The maximum Gasteiger partial charge on any atom is 0.336 e. The summed E-state index contributed by atoms with van der Waals surface area (Å²) in [6.45, 7) is 3.79. The summed E-state index contributed by atoms with van der Waals surface area (Å²) >= 11 is 0. The van der Waals surface area contributed by atoms with E-state index in [0.717, 1.165) is 0 Å². The lowest BCUT2D eigenvalue weighted by molar-refractivity contribution is -0.170. The molecule has 0 aliphatic carbocycles. The van der Waals surface area contributed by atoms with Crippen molar-refractivity contribution in [1.82, 2.24) is 0 Å². The van der Waals surface area contributed by atoms with Crippen molar-refractivity contribution in [2.24, 2.45) is 0 Å². The Morgan fingerprint density at radius 2 is 0.595 bits per heavy atom. The van der Waals surface area contributed by atoms with E-state index in [-0.39, 0.29) is 13.2 Å². The van der Waals surface area contributed by atoms with Crippen LogP contribution in [0, 0.1) is 0 Å². The summed E-state index contributed by atoms with van der Waals surface area (Å²) in [4.78, 5) is 61.0. The minimum Gasteiger partial charge on any atom is -0.481 e. The molecule has 0 radical (unpaired) electrons. The number of carboxylic acid groups (broad SMARTS) is 6. The van der Waals surface area contributed by atoms with E-state index in [1.54, 1.807) is 0 Å². The first kappa shape index (κ1) is 43.0. The van der Waals surface area contributed by atoms with Crippen molar-refractivity contribution in [3.05, 3.63) is 0 Å². The molecular formula is C22H38O20. The molecule has 20 heteroatoms. The molecule has 0 amide bonds. The molecule has 0 atom stereocenters. The van der Waals surface area contributed by atoms with E-state index < -0.39 is 72.7 Å². The van der Waals surface area contributed by atoms with Crippen molar-refractivity contribution in [2.75, 3.05) is 66.1 Å². The molecular weight excluding hydrogens is 584 g/mol. The van der Waals surface area contributed by atoms with Gasteiger partial charge in [0.15, 0.2) is 11.2 Å². The van der Waals surface area contributed by atoms with Gasteiger partial charge in [-0.15, -0.1) is 0 Å². The Hall–Kier alpha value is -3.50. The smallest absolute Gasteiger partial charge is 0.336 e. The number of aliphatic hydroxyl groups excluding tert-OH is 2. The van der Waals surface area contributed by atoms with Crippen LogP contribution in [-0.4, -0.2) is 164 Å². The summed E-state index contributed by atoms with van der Waals surface area (Å²) in [5, 5.41) is 84.5. The Kier molecular flexibility index (Phi) is 25.8. The van der Waals surface area contributed by atoms with Gasteiger partial charge in [0.2, 0.25) is 0 Å². The molecule has 20 nitrogen and oxygen atoms in total. The number of hydrogen-bond donors (Lipinski definition) is 10. The second-order valence-corrected chi connectivity index (χ2v) is 7.85. The highest BCUT2D eigenvalue weighted by molar-refractivity contribution is 5.88. The van der Waals surface area contributed by atoms with E-state index in [4.69, 9.17) is 70.0 Å². The minimum atomic E-state index is -2.74. The number of aliphatic hydroxyl groups is 4. The Bertz CT molecular complexity index is 714. The van der Waals surface area contributed by atoms with Crippen LogP contribution in [0.4, 0.5) is 0 Å². The highest BCUT2D eigenvalue weighted by Crippen LogP contribution is 2.16. The van der Waals surface area contributed by atoms with E-state index in [1.807, 2.05) is 0 Å². The molecule has 0 aromatic rings. The Balaban J connectivity index is -0.000000548.